The van der Waals surface area contributed by atoms with Gasteiger partial charge in [-0.2, -0.15) is 5.10 Å². The van der Waals surface area contributed by atoms with Crippen LogP contribution in [-0.4, -0.2) is 21.3 Å². The summed E-state index contributed by atoms with van der Waals surface area (Å²) in [5.41, 5.74) is 1.03. The molecule has 2 aromatic rings. The average Bonchev–Trinajstić information content (AvgIpc) is 2.75. The van der Waals surface area contributed by atoms with Gasteiger partial charge in [0.25, 0.3) is 0 Å². The Morgan fingerprint density at radius 2 is 2.28 bits per heavy atom. The normalized spacial score (nSPS) is 10.6. The van der Waals surface area contributed by atoms with E-state index >= 15 is 0 Å². The summed E-state index contributed by atoms with van der Waals surface area (Å²) in [5, 5.41) is 7.72. The molecule has 0 aromatic carbocycles. The first-order chi connectivity index (χ1) is 8.69. The van der Waals surface area contributed by atoms with Crippen LogP contribution in [0.5, 0.6) is 11.6 Å². The van der Waals surface area contributed by atoms with Gasteiger partial charge in [-0.15, -0.1) is 0 Å². The molecule has 6 heteroatoms. The minimum Gasteiger partial charge on any atom is -0.434 e. The number of hydrogen-bond acceptors (Lipinski definition) is 4. The van der Waals surface area contributed by atoms with Crippen LogP contribution in [0.25, 0.3) is 0 Å². The van der Waals surface area contributed by atoms with Gasteiger partial charge in [-0.1, -0.05) is 18.5 Å². The van der Waals surface area contributed by atoms with Crippen molar-refractivity contribution < 1.29 is 4.74 Å². The zero-order valence-corrected chi connectivity index (χ0v) is 11.1. The smallest absolute Gasteiger partial charge is 0.238 e. The van der Waals surface area contributed by atoms with Gasteiger partial charge in [-0.25, -0.2) is 4.98 Å². The third-order valence-corrected chi connectivity index (χ3v) is 2.61. The fourth-order valence-electron chi connectivity index (χ4n) is 1.47. The molecule has 2 rings (SSSR count). The average molecular weight is 267 g/mol. The second-order valence-corrected chi connectivity index (χ2v) is 4.27. The van der Waals surface area contributed by atoms with E-state index in [1.54, 1.807) is 23.3 Å². The molecule has 2 heterocycles. The van der Waals surface area contributed by atoms with Crippen LogP contribution in [0.4, 0.5) is 0 Å². The Labute approximate surface area is 111 Å². The molecule has 0 saturated carbocycles. The third kappa shape index (κ3) is 3.21. The summed E-state index contributed by atoms with van der Waals surface area (Å²) in [6.45, 7) is 3.71. The van der Waals surface area contributed by atoms with Gasteiger partial charge in [0.1, 0.15) is 5.02 Å². The SMILES string of the molecule is CCNCc1cnc(Oc2cnn(C)c2)c(Cl)c1. The maximum Gasteiger partial charge on any atom is 0.238 e. The molecular formula is C12H15ClN4O. The first kappa shape index (κ1) is 12.9. The van der Waals surface area contributed by atoms with Crippen LogP contribution in [0, 0.1) is 0 Å². The number of aryl methyl sites for hydroxylation is 1. The fourth-order valence-corrected chi connectivity index (χ4v) is 1.70. The largest absolute Gasteiger partial charge is 0.434 e. The minimum atomic E-state index is 0.393. The first-order valence-corrected chi connectivity index (χ1v) is 6.08. The lowest BCUT2D eigenvalue weighted by atomic mass is 10.3. The Morgan fingerprint density at radius 1 is 1.44 bits per heavy atom. The predicted octanol–water partition coefficient (Wildman–Crippen LogP) is 2.37. The molecule has 0 spiro atoms. The lowest BCUT2D eigenvalue weighted by Gasteiger charge is -2.06. The summed E-state index contributed by atoms with van der Waals surface area (Å²) in [5.74, 6) is 1.01. The molecule has 0 amide bonds. The zero-order valence-electron chi connectivity index (χ0n) is 10.4. The van der Waals surface area contributed by atoms with E-state index in [0.29, 0.717) is 16.7 Å². The Morgan fingerprint density at radius 3 is 2.89 bits per heavy atom. The molecule has 0 atom stereocenters. The highest BCUT2D eigenvalue weighted by Gasteiger charge is 2.07. The molecule has 2 aromatic heterocycles. The molecular weight excluding hydrogens is 252 g/mol. The van der Waals surface area contributed by atoms with Gasteiger partial charge in [0.15, 0.2) is 5.75 Å². The van der Waals surface area contributed by atoms with Crippen LogP contribution < -0.4 is 10.1 Å². The minimum absolute atomic E-state index is 0.393. The van der Waals surface area contributed by atoms with E-state index in [4.69, 9.17) is 16.3 Å². The van der Waals surface area contributed by atoms with Crippen molar-refractivity contribution in [3.8, 4) is 11.6 Å². The van der Waals surface area contributed by atoms with Gasteiger partial charge in [0.2, 0.25) is 5.88 Å². The quantitative estimate of drug-likeness (QED) is 0.903. The van der Waals surface area contributed by atoms with Gasteiger partial charge >= 0.3 is 0 Å². The van der Waals surface area contributed by atoms with Crippen LogP contribution in [0.2, 0.25) is 5.02 Å². The number of halogens is 1. The van der Waals surface area contributed by atoms with Crippen LogP contribution in [0.15, 0.2) is 24.7 Å². The number of nitrogens with zero attached hydrogens (tertiary/aromatic N) is 3. The van der Waals surface area contributed by atoms with Crippen molar-refractivity contribution in [3.63, 3.8) is 0 Å². The number of ether oxygens (including phenoxy) is 1. The van der Waals surface area contributed by atoms with Crippen molar-refractivity contribution >= 4 is 11.6 Å². The molecule has 5 nitrogen and oxygen atoms in total. The van der Waals surface area contributed by atoms with E-state index in [2.05, 4.69) is 22.3 Å². The van der Waals surface area contributed by atoms with Crippen molar-refractivity contribution in [1.29, 1.82) is 0 Å². The van der Waals surface area contributed by atoms with Gasteiger partial charge in [0, 0.05) is 19.8 Å². The zero-order chi connectivity index (χ0) is 13.0. The molecule has 96 valence electrons. The lowest BCUT2D eigenvalue weighted by molar-refractivity contribution is 0.462. The van der Waals surface area contributed by atoms with E-state index in [0.717, 1.165) is 18.7 Å². The topological polar surface area (TPSA) is 52.0 Å². The van der Waals surface area contributed by atoms with Crippen molar-refractivity contribution in [2.24, 2.45) is 7.05 Å². The van der Waals surface area contributed by atoms with E-state index < -0.39 is 0 Å². The van der Waals surface area contributed by atoms with E-state index in [9.17, 15) is 0 Å². The fraction of sp³-hybridized carbons (Fsp3) is 0.333. The summed E-state index contributed by atoms with van der Waals surface area (Å²) in [6, 6.07) is 1.85. The molecule has 0 unspecified atom stereocenters. The van der Waals surface area contributed by atoms with Crippen LogP contribution in [0.3, 0.4) is 0 Å². The van der Waals surface area contributed by atoms with E-state index in [-0.39, 0.29) is 0 Å². The summed E-state index contributed by atoms with van der Waals surface area (Å²) >= 11 is 6.12. The number of hydrogen-bond donors (Lipinski definition) is 1. The Hall–Kier alpha value is -1.59. The van der Waals surface area contributed by atoms with Crippen LogP contribution >= 0.6 is 11.6 Å². The van der Waals surface area contributed by atoms with Gasteiger partial charge in [0.05, 0.1) is 12.4 Å². The van der Waals surface area contributed by atoms with E-state index in [1.165, 1.54) is 0 Å². The molecule has 0 aliphatic carbocycles. The summed E-state index contributed by atoms with van der Waals surface area (Å²) in [7, 11) is 1.82. The number of nitrogens with one attached hydrogen (secondary N) is 1. The summed E-state index contributed by atoms with van der Waals surface area (Å²) < 4.78 is 7.20. The predicted molar refractivity (Wildman–Crippen MR) is 69.9 cm³/mol. The lowest BCUT2D eigenvalue weighted by Crippen LogP contribution is -2.11. The molecule has 0 radical (unpaired) electrons. The second-order valence-electron chi connectivity index (χ2n) is 3.86. The Bertz CT molecular complexity index is 527. The highest BCUT2D eigenvalue weighted by Crippen LogP contribution is 2.27. The molecule has 0 fully saturated rings. The van der Waals surface area contributed by atoms with Crippen molar-refractivity contribution in [1.82, 2.24) is 20.1 Å². The number of pyridine rings is 1. The molecule has 0 saturated heterocycles. The van der Waals surface area contributed by atoms with Gasteiger partial charge < -0.3 is 10.1 Å². The Balaban J connectivity index is 2.09. The Kier molecular flexibility index (Phi) is 4.17. The second kappa shape index (κ2) is 5.84. The van der Waals surface area contributed by atoms with Crippen molar-refractivity contribution in [2.75, 3.05) is 6.54 Å². The molecule has 0 aliphatic heterocycles. The monoisotopic (exact) mass is 266 g/mol. The summed E-state index contributed by atoms with van der Waals surface area (Å²) in [4.78, 5) is 4.20. The van der Waals surface area contributed by atoms with Crippen molar-refractivity contribution in [3.05, 3.63) is 35.2 Å². The number of aromatic nitrogens is 3. The highest BCUT2D eigenvalue weighted by molar-refractivity contribution is 6.31. The van der Waals surface area contributed by atoms with Crippen molar-refractivity contribution in [2.45, 2.75) is 13.5 Å². The van der Waals surface area contributed by atoms with Crippen LogP contribution in [-0.2, 0) is 13.6 Å². The standard InChI is InChI=1S/C12H15ClN4O/c1-3-14-5-9-4-11(13)12(15-6-9)18-10-7-16-17(2)8-10/h4,6-8,14H,3,5H2,1-2H3. The maximum absolute atomic E-state index is 6.12. The van der Waals surface area contributed by atoms with Gasteiger partial charge in [-0.3, -0.25) is 4.68 Å². The number of rotatable bonds is 5. The van der Waals surface area contributed by atoms with Crippen LogP contribution in [0.1, 0.15) is 12.5 Å². The highest BCUT2D eigenvalue weighted by atomic mass is 35.5. The van der Waals surface area contributed by atoms with Gasteiger partial charge in [-0.05, 0) is 18.2 Å². The molecule has 18 heavy (non-hydrogen) atoms. The van der Waals surface area contributed by atoms with E-state index in [1.807, 2.05) is 13.1 Å². The first-order valence-electron chi connectivity index (χ1n) is 5.70. The third-order valence-electron chi connectivity index (χ3n) is 2.34. The maximum atomic E-state index is 6.12. The molecule has 0 bridgehead atoms. The molecule has 1 N–H and O–H groups in total. The molecule has 0 aliphatic rings. The summed E-state index contributed by atoms with van der Waals surface area (Å²) in [6.07, 6.45) is 5.12.